The smallest absolute Gasteiger partial charge is 0.408 e. The largest absolute Gasteiger partial charge is 0.460 e. The number of alkyl halides is 5. The van der Waals surface area contributed by atoms with Crippen molar-refractivity contribution < 1.29 is 42.2 Å². The van der Waals surface area contributed by atoms with Gasteiger partial charge in [-0.25, -0.2) is 10.2 Å². The second-order valence-corrected chi connectivity index (χ2v) is 12.1. The minimum absolute atomic E-state index is 0.0951. The molecule has 1 fully saturated rings. The normalized spacial score (nSPS) is 18.3. The van der Waals surface area contributed by atoms with E-state index in [1.807, 2.05) is 0 Å². The number of ether oxygens (including phenoxy) is 3. The SMILES string of the molecule is CC(C)C(NC(=O)OC(C)(C)C)C(=O)N[C@@H](COC(F)F)C(=O)N1CCC[C@@H](C(=O)OCC(Cl)(Cl)Cl)N1. The Balaban J connectivity index is 2.95. The highest BCUT2D eigenvalue weighted by molar-refractivity contribution is 6.67. The summed E-state index contributed by atoms with van der Waals surface area (Å²) in [6, 6.07) is -3.73. The van der Waals surface area contributed by atoms with Crippen molar-refractivity contribution >= 4 is 58.7 Å². The molecule has 0 aliphatic carbocycles. The molecule has 1 heterocycles. The number of halogens is 5. The standard InChI is InChI=1S/C21H33Cl3F2N4O7/c1-11(2)14(28-19(34)37-20(3,4)5)15(31)27-13(9-35-18(25)26)16(32)30-8-6-7-12(29-30)17(33)36-10-21(22,23)24/h11-14,18,29H,6-10H2,1-5H3,(H,27,31)(H,28,34)/t12-,13-,14?/m0/s1. The lowest BCUT2D eigenvalue weighted by molar-refractivity contribution is -0.159. The van der Waals surface area contributed by atoms with Crippen LogP contribution in [-0.4, -0.2) is 82.8 Å². The third-order valence-corrected chi connectivity index (χ3v) is 5.07. The lowest BCUT2D eigenvalue weighted by atomic mass is 10.0. The Morgan fingerprint density at radius 2 is 1.73 bits per heavy atom. The average Bonchev–Trinajstić information content (AvgIpc) is 2.76. The fraction of sp³-hybridized carbons (Fsp3) is 0.810. The molecule has 3 amide bonds. The molecule has 0 spiro atoms. The van der Waals surface area contributed by atoms with Crippen molar-refractivity contribution in [2.45, 2.75) is 81.6 Å². The highest BCUT2D eigenvalue weighted by Crippen LogP contribution is 2.26. The molecule has 1 rings (SSSR count). The third kappa shape index (κ3) is 13.1. The van der Waals surface area contributed by atoms with Crippen LogP contribution in [0.5, 0.6) is 0 Å². The summed E-state index contributed by atoms with van der Waals surface area (Å²) < 4.78 is 38.1. The summed E-state index contributed by atoms with van der Waals surface area (Å²) in [6.07, 6.45) is -0.248. The van der Waals surface area contributed by atoms with E-state index in [1.54, 1.807) is 34.6 Å². The van der Waals surface area contributed by atoms with Gasteiger partial charge in [0.2, 0.25) is 9.70 Å². The molecule has 16 heteroatoms. The van der Waals surface area contributed by atoms with Crippen molar-refractivity contribution in [1.29, 1.82) is 0 Å². The molecule has 0 saturated carbocycles. The fourth-order valence-corrected chi connectivity index (χ4v) is 3.30. The van der Waals surface area contributed by atoms with Gasteiger partial charge < -0.3 is 24.8 Å². The Bertz CT molecular complexity index is 810. The lowest BCUT2D eigenvalue weighted by Crippen LogP contribution is -2.62. The molecular formula is C21H33Cl3F2N4O7. The maximum Gasteiger partial charge on any atom is 0.408 e. The molecule has 0 aromatic carbocycles. The van der Waals surface area contributed by atoms with Crippen LogP contribution in [0.25, 0.3) is 0 Å². The van der Waals surface area contributed by atoms with Crippen molar-refractivity contribution in [3.63, 3.8) is 0 Å². The summed E-state index contributed by atoms with van der Waals surface area (Å²) in [5, 5.41) is 5.75. The number of alkyl carbamates (subject to hydrolysis) is 1. The molecule has 37 heavy (non-hydrogen) atoms. The molecular weight excluding hydrogens is 565 g/mol. The van der Waals surface area contributed by atoms with E-state index in [2.05, 4.69) is 20.8 Å². The first kappa shape index (κ1) is 33.4. The fourth-order valence-electron chi connectivity index (χ4n) is 3.13. The van der Waals surface area contributed by atoms with Gasteiger partial charge in [-0.15, -0.1) is 0 Å². The number of carbonyl (C=O) groups excluding carboxylic acids is 4. The number of nitrogens with one attached hydrogen (secondary N) is 3. The number of hydrogen-bond acceptors (Lipinski definition) is 8. The van der Waals surface area contributed by atoms with Crippen molar-refractivity contribution in [2.24, 2.45) is 5.92 Å². The Labute approximate surface area is 229 Å². The van der Waals surface area contributed by atoms with Crippen LogP contribution >= 0.6 is 34.8 Å². The van der Waals surface area contributed by atoms with Crippen LogP contribution in [0.4, 0.5) is 13.6 Å². The molecule has 0 radical (unpaired) electrons. The zero-order valence-electron chi connectivity index (χ0n) is 21.1. The molecule has 11 nitrogen and oxygen atoms in total. The summed E-state index contributed by atoms with van der Waals surface area (Å²) in [4.78, 5) is 50.6. The second-order valence-electron chi connectivity index (χ2n) is 9.56. The highest BCUT2D eigenvalue weighted by Gasteiger charge is 2.36. The summed E-state index contributed by atoms with van der Waals surface area (Å²) >= 11 is 16.7. The summed E-state index contributed by atoms with van der Waals surface area (Å²) in [6.45, 7) is 3.66. The molecule has 214 valence electrons. The van der Waals surface area contributed by atoms with Gasteiger partial charge in [-0.05, 0) is 39.5 Å². The van der Waals surface area contributed by atoms with E-state index in [0.717, 1.165) is 5.01 Å². The molecule has 1 aliphatic heterocycles. The number of rotatable bonds is 10. The van der Waals surface area contributed by atoms with E-state index in [9.17, 15) is 28.0 Å². The number of hydrogen-bond donors (Lipinski definition) is 3. The van der Waals surface area contributed by atoms with Crippen LogP contribution in [0.1, 0.15) is 47.5 Å². The molecule has 3 atom stereocenters. The zero-order valence-corrected chi connectivity index (χ0v) is 23.4. The summed E-state index contributed by atoms with van der Waals surface area (Å²) in [5.74, 6) is -2.93. The number of carbonyl (C=O) groups is 4. The maximum absolute atomic E-state index is 13.1. The molecule has 1 unspecified atom stereocenters. The first-order chi connectivity index (χ1) is 16.9. The lowest BCUT2D eigenvalue weighted by Gasteiger charge is -2.35. The first-order valence-electron chi connectivity index (χ1n) is 11.4. The van der Waals surface area contributed by atoms with Crippen LogP contribution in [0.15, 0.2) is 0 Å². The topological polar surface area (TPSA) is 135 Å². The minimum atomic E-state index is -3.22. The van der Waals surface area contributed by atoms with Gasteiger partial charge in [0.05, 0.1) is 6.61 Å². The molecule has 1 aliphatic rings. The van der Waals surface area contributed by atoms with Crippen LogP contribution in [0.3, 0.4) is 0 Å². The maximum atomic E-state index is 13.1. The van der Waals surface area contributed by atoms with Gasteiger partial charge in [0.15, 0.2) is 0 Å². The Morgan fingerprint density at radius 1 is 1.11 bits per heavy atom. The van der Waals surface area contributed by atoms with E-state index < -0.39 is 77.1 Å². The first-order valence-corrected chi connectivity index (χ1v) is 12.5. The predicted octanol–water partition coefficient (Wildman–Crippen LogP) is 2.67. The Kier molecular flexibility index (Phi) is 13.0. The van der Waals surface area contributed by atoms with E-state index >= 15 is 0 Å². The van der Waals surface area contributed by atoms with E-state index in [0.29, 0.717) is 6.42 Å². The molecule has 0 aromatic heterocycles. The Morgan fingerprint density at radius 3 is 2.24 bits per heavy atom. The number of amides is 3. The summed E-state index contributed by atoms with van der Waals surface area (Å²) in [5.41, 5.74) is 1.81. The molecule has 0 bridgehead atoms. The molecule has 1 saturated heterocycles. The second kappa shape index (κ2) is 14.5. The quantitative estimate of drug-likeness (QED) is 0.258. The van der Waals surface area contributed by atoms with Crippen molar-refractivity contribution in [3.05, 3.63) is 0 Å². The van der Waals surface area contributed by atoms with Crippen LogP contribution in [-0.2, 0) is 28.6 Å². The van der Waals surface area contributed by atoms with Gasteiger partial charge in [0.25, 0.3) is 5.91 Å². The van der Waals surface area contributed by atoms with Gasteiger partial charge in [0.1, 0.15) is 30.3 Å². The van der Waals surface area contributed by atoms with Gasteiger partial charge >= 0.3 is 18.7 Å². The van der Waals surface area contributed by atoms with E-state index in [-0.39, 0.29) is 13.0 Å². The van der Waals surface area contributed by atoms with Crippen LogP contribution in [0, 0.1) is 5.92 Å². The minimum Gasteiger partial charge on any atom is -0.460 e. The van der Waals surface area contributed by atoms with Gasteiger partial charge in [-0.3, -0.25) is 19.4 Å². The zero-order chi connectivity index (χ0) is 28.6. The van der Waals surface area contributed by atoms with Gasteiger partial charge in [-0.2, -0.15) is 8.78 Å². The third-order valence-electron chi connectivity index (χ3n) is 4.74. The molecule has 0 aromatic rings. The van der Waals surface area contributed by atoms with Crippen LogP contribution < -0.4 is 16.1 Å². The number of hydrazine groups is 1. The van der Waals surface area contributed by atoms with Crippen molar-refractivity contribution in [3.8, 4) is 0 Å². The number of nitrogens with zero attached hydrogens (tertiary/aromatic N) is 1. The van der Waals surface area contributed by atoms with Gasteiger partial charge in [0, 0.05) is 6.54 Å². The molecule has 3 N–H and O–H groups in total. The van der Waals surface area contributed by atoms with E-state index in [4.69, 9.17) is 44.3 Å². The van der Waals surface area contributed by atoms with E-state index in [1.165, 1.54) is 0 Å². The summed E-state index contributed by atoms with van der Waals surface area (Å²) in [7, 11) is 0. The van der Waals surface area contributed by atoms with Crippen molar-refractivity contribution in [1.82, 2.24) is 21.1 Å². The average molecular weight is 598 g/mol. The number of esters is 1. The van der Waals surface area contributed by atoms with Crippen LogP contribution in [0.2, 0.25) is 0 Å². The predicted molar refractivity (Wildman–Crippen MR) is 131 cm³/mol. The Hall–Kier alpha value is -1.67. The monoisotopic (exact) mass is 596 g/mol. The highest BCUT2D eigenvalue weighted by atomic mass is 35.6. The van der Waals surface area contributed by atoms with Gasteiger partial charge in [-0.1, -0.05) is 48.7 Å². The van der Waals surface area contributed by atoms with Crippen molar-refractivity contribution in [2.75, 3.05) is 19.8 Å².